The van der Waals surface area contributed by atoms with Crippen molar-refractivity contribution < 1.29 is 9.90 Å². The zero-order valence-electron chi connectivity index (χ0n) is 9.10. The standard InChI is InChI=1S/C12H14N2O2/c1-2-14(8-12(15)16)11-7-13-10-6-4-3-5-9(10)11/h3-7,13H,2,8H2,1H3,(H,15,16). The molecular weight excluding hydrogens is 204 g/mol. The summed E-state index contributed by atoms with van der Waals surface area (Å²) < 4.78 is 0. The molecule has 0 aliphatic carbocycles. The van der Waals surface area contributed by atoms with Crippen LogP contribution < -0.4 is 4.90 Å². The van der Waals surface area contributed by atoms with Crippen molar-refractivity contribution in [1.29, 1.82) is 0 Å². The number of aromatic nitrogens is 1. The van der Waals surface area contributed by atoms with Gasteiger partial charge in [0.05, 0.1) is 5.69 Å². The number of nitrogens with one attached hydrogen (secondary N) is 1. The van der Waals surface area contributed by atoms with Gasteiger partial charge in [0, 0.05) is 23.6 Å². The van der Waals surface area contributed by atoms with Crippen molar-refractivity contribution >= 4 is 22.6 Å². The Labute approximate surface area is 93.5 Å². The maximum absolute atomic E-state index is 10.7. The highest BCUT2D eigenvalue weighted by Gasteiger charge is 2.12. The molecule has 2 rings (SSSR count). The van der Waals surface area contributed by atoms with Crippen molar-refractivity contribution in [2.45, 2.75) is 6.92 Å². The number of rotatable bonds is 4. The van der Waals surface area contributed by atoms with Crippen LogP contribution in [0.3, 0.4) is 0 Å². The van der Waals surface area contributed by atoms with Crippen molar-refractivity contribution in [3.05, 3.63) is 30.5 Å². The second-order valence-electron chi connectivity index (χ2n) is 3.63. The normalized spacial score (nSPS) is 10.6. The van der Waals surface area contributed by atoms with Crippen LogP contribution in [-0.4, -0.2) is 29.1 Å². The number of hydrogen-bond donors (Lipinski definition) is 2. The molecule has 16 heavy (non-hydrogen) atoms. The van der Waals surface area contributed by atoms with Crippen LogP contribution in [0, 0.1) is 0 Å². The van der Waals surface area contributed by atoms with E-state index in [-0.39, 0.29) is 6.54 Å². The van der Waals surface area contributed by atoms with Crippen molar-refractivity contribution in [2.24, 2.45) is 0 Å². The number of para-hydroxylation sites is 1. The third kappa shape index (κ3) is 1.86. The summed E-state index contributed by atoms with van der Waals surface area (Å²) in [6.45, 7) is 2.65. The Morgan fingerprint density at radius 2 is 2.19 bits per heavy atom. The first kappa shape index (κ1) is 10.5. The highest BCUT2D eigenvalue weighted by molar-refractivity contribution is 5.93. The van der Waals surface area contributed by atoms with Crippen LogP contribution in [0.5, 0.6) is 0 Å². The molecule has 0 radical (unpaired) electrons. The van der Waals surface area contributed by atoms with Crippen molar-refractivity contribution in [3.8, 4) is 0 Å². The average molecular weight is 218 g/mol. The van der Waals surface area contributed by atoms with E-state index in [0.29, 0.717) is 6.54 Å². The molecule has 1 aromatic carbocycles. The summed E-state index contributed by atoms with van der Waals surface area (Å²) in [4.78, 5) is 15.7. The number of aromatic amines is 1. The molecule has 0 saturated carbocycles. The maximum Gasteiger partial charge on any atom is 0.323 e. The van der Waals surface area contributed by atoms with Crippen LogP contribution in [0.4, 0.5) is 5.69 Å². The number of anilines is 1. The summed E-state index contributed by atoms with van der Waals surface area (Å²) in [7, 11) is 0. The van der Waals surface area contributed by atoms with E-state index < -0.39 is 5.97 Å². The Morgan fingerprint density at radius 3 is 2.88 bits per heavy atom. The third-order valence-electron chi connectivity index (χ3n) is 2.62. The van der Waals surface area contributed by atoms with E-state index in [1.165, 1.54) is 0 Å². The molecule has 0 bridgehead atoms. The number of benzene rings is 1. The van der Waals surface area contributed by atoms with Gasteiger partial charge in [-0.05, 0) is 13.0 Å². The molecule has 4 heteroatoms. The lowest BCUT2D eigenvalue weighted by molar-refractivity contribution is -0.135. The summed E-state index contributed by atoms with van der Waals surface area (Å²) in [5.74, 6) is -0.813. The van der Waals surface area contributed by atoms with Crippen LogP contribution >= 0.6 is 0 Å². The van der Waals surface area contributed by atoms with Gasteiger partial charge in [0.25, 0.3) is 0 Å². The third-order valence-corrected chi connectivity index (χ3v) is 2.62. The van der Waals surface area contributed by atoms with E-state index in [2.05, 4.69) is 4.98 Å². The van der Waals surface area contributed by atoms with E-state index in [0.717, 1.165) is 16.6 Å². The number of hydrogen-bond acceptors (Lipinski definition) is 2. The highest BCUT2D eigenvalue weighted by Crippen LogP contribution is 2.25. The second kappa shape index (κ2) is 4.26. The summed E-state index contributed by atoms with van der Waals surface area (Å²) >= 11 is 0. The van der Waals surface area contributed by atoms with Crippen LogP contribution in [0.25, 0.3) is 10.9 Å². The molecule has 2 aromatic rings. The predicted molar refractivity (Wildman–Crippen MR) is 63.8 cm³/mol. The van der Waals surface area contributed by atoms with Crippen molar-refractivity contribution in [3.63, 3.8) is 0 Å². The number of carboxylic acids is 1. The van der Waals surface area contributed by atoms with Gasteiger partial charge in [0.1, 0.15) is 6.54 Å². The predicted octanol–water partition coefficient (Wildman–Crippen LogP) is 2.08. The van der Waals surface area contributed by atoms with Gasteiger partial charge in [-0.2, -0.15) is 0 Å². The molecule has 0 atom stereocenters. The van der Waals surface area contributed by atoms with Crippen molar-refractivity contribution in [2.75, 3.05) is 18.0 Å². The van der Waals surface area contributed by atoms with Crippen LogP contribution in [-0.2, 0) is 4.79 Å². The fourth-order valence-corrected chi connectivity index (χ4v) is 1.85. The highest BCUT2D eigenvalue weighted by atomic mass is 16.4. The number of fused-ring (bicyclic) bond motifs is 1. The summed E-state index contributed by atoms with van der Waals surface area (Å²) in [6, 6.07) is 7.88. The van der Waals surface area contributed by atoms with Gasteiger partial charge in [0.2, 0.25) is 0 Å². The second-order valence-corrected chi connectivity index (χ2v) is 3.63. The Hall–Kier alpha value is -1.97. The van der Waals surface area contributed by atoms with E-state index in [1.54, 1.807) is 0 Å². The molecule has 0 fully saturated rings. The number of likely N-dealkylation sites (N-methyl/N-ethyl adjacent to an activating group) is 1. The Bertz CT molecular complexity index is 504. The molecular formula is C12H14N2O2. The Morgan fingerprint density at radius 1 is 1.44 bits per heavy atom. The lowest BCUT2D eigenvalue weighted by atomic mass is 10.2. The van der Waals surface area contributed by atoms with Gasteiger partial charge in [-0.1, -0.05) is 18.2 Å². The zero-order chi connectivity index (χ0) is 11.5. The molecule has 4 nitrogen and oxygen atoms in total. The number of aliphatic carboxylic acids is 1. The lowest BCUT2D eigenvalue weighted by Gasteiger charge is -2.19. The lowest BCUT2D eigenvalue weighted by Crippen LogP contribution is -2.29. The SMILES string of the molecule is CCN(CC(=O)O)c1c[nH]c2ccccc12. The molecule has 1 heterocycles. The van der Waals surface area contributed by atoms with Gasteiger partial charge in [-0.3, -0.25) is 4.79 Å². The quantitative estimate of drug-likeness (QED) is 0.826. The maximum atomic E-state index is 10.7. The molecule has 0 spiro atoms. The number of H-pyrrole nitrogens is 1. The molecule has 2 N–H and O–H groups in total. The van der Waals surface area contributed by atoms with E-state index in [9.17, 15) is 4.79 Å². The van der Waals surface area contributed by atoms with Gasteiger partial charge in [-0.15, -0.1) is 0 Å². The first-order chi connectivity index (χ1) is 7.72. The van der Waals surface area contributed by atoms with E-state index in [4.69, 9.17) is 5.11 Å². The first-order valence-electron chi connectivity index (χ1n) is 5.25. The fraction of sp³-hybridized carbons (Fsp3) is 0.250. The summed E-state index contributed by atoms with van der Waals surface area (Å²) in [5, 5.41) is 9.89. The van der Waals surface area contributed by atoms with Gasteiger partial charge in [0.15, 0.2) is 0 Å². The molecule has 1 aromatic heterocycles. The molecule has 0 aliphatic heterocycles. The number of carboxylic acid groups (broad SMARTS) is 1. The topological polar surface area (TPSA) is 56.3 Å². The van der Waals surface area contributed by atoms with Crippen LogP contribution in [0.2, 0.25) is 0 Å². The minimum absolute atomic E-state index is 0.0261. The molecule has 84 valence electrons. The molecule has 0 amide bonds. The van der Waals surface area contributed by atoms with E-state index in [1.807, 2.05) is 42.3 Å². The number of carbonyl (C=O) groups is 1. The molecule has 0 aliphatic rings. The van der Waals surface area contributed by atoms with Gasteiger partial charge >= 0.3 is 5.97 Å². The monoisotopic (exact) mass is 218 g/mol. The summed E-state index contributed by atoms with van der Waals surface area (Å²) in [5.41, 5.74) is 1.97. The van der Waals surface area contributed by atoms with Crippen LogP contribution in [0.1, 0.15) is 6.92 Å². The van der Waals surface area contributed by atoms with Gasteiger partial charge < -0.3 is 15.0 Å². The number of nitrogens with zero attached hydrogens (tertiary/aromatic N) is 1. The van der Waals surface area contributed by atoms with Crippen molar-refractivity contribution in [1.82, 2.24) is 4.98 Å². The van der Waals surface area contributed by atoms with Crippen LogP contribution in [0.15, 0.2) is 30.5 Å². The largest absolute Gasteiger partial charge is 0.480 e. The fourth-order valence-electron chi connectivity index (χ4n) is 1.85. The first-order valence-corrected chi connectivity index (χ1v) is 5.25. The molecule has 0 saturated heterocycles. The summed E-state index contributed by atoms with van der Waals surface area (Å²) in [6.07, 6.45) is 1.86. The average Bonchev–Trinajstić information content (AvgIpc) is 2.69. The van der Waals surface area contributed by atoms with E-state index >= 15 is 0 Å². The smallest absolute Gasteiger partial charge is 0.323 e. The van der Waals surface area contributed by atoms with Gasteiger partial charge in [-0.25, -0.2) is 0 Å². The Balaban J connectivity index is 2.41. The Kier molecular flexibility index (Phi) is 2.81. The minimum Gasteiger partial charge on any atom is -0.480 e. The minimum atomic E-state index is -0.813. The zero-order valence-corrected chi connectivity index (χ0v) is 9.10. The molecule has 0 unspecified atom stereocenters.